The standard InChI is InChI=1S/C26H31ClN2O4/c1-18-11-13-19(14-12-18)25(26(31)28-20-7-3-2-4-8-20)29(24(30)15-27)16-21-17-32-22-9-5-6-10-23(22)33-21/h5-6,9-14,20-21,25H,2-4,7-8,15-17H2,1H3,(H,28,31)/t21-,25-/m0/s1. The molecule has 0 saturated heterocycles. The van der Waals surface area contributed by atoms with Gasteiger partial charge in [-0.15, -0.1) is 11.6 Å². The summed E-state index contributed by atoms with van der Waals surface area (Å²) in [6.45, 7) is 2.47. The van der Waals surface area contributed by atoms with E-state index in [1.54, 1.807) is 0 Å². The molecule has 1 aliphatic heterocycles. The number of hydrogen-bond acceptors (Lipinski definition) is 4. The SMILES string of the molecule is Cc1ccc([C@@H](C(=O)NC2CCCCC2)N(C[C@H]2COc3ccccc3O2)C(=O)CCl)cc1. The van der Waals surface area contributed by atoms with Crippen molar-refractivity contribution >= 4 is 23.4 Å². The maximum Gasteiger partial charge on any atom is 0.247 e. The van der Waals surface area contributed by atoms with Crippen LogP contribution in [0.25, 0.3) is 0 Å². The molecule has 1 aliphatic carbocycles. The van der Waals surface area contributed by atoms with Crippen LogP contribution < -0.4 is 14.8 Å². The van der Waals surface area contributed by atoms with Gasteiger partial charge >= 0.3 is 0 Å². The molecule has 0 bridgehead atoms. The summed E-state index contributed by atoms with van der Waals surface area (Å²) in [6, 6.07) is 14.5. The van der Waals surface area contributed by atoms with Crippen LogP contribution in [0.1, 0.15) is 49.3 Å². The molecule has 0 aromatic heterocycles. The van der Waals surface area contributed by atoms with Crippen molar-refractivity contribution in [2.75, 3.05) is 19.0 Å². The minimum Gasteiger partial charge on any atom is -0.486 e. The highest BCUT2D eigenvalue weighted by Crippen LogP contribution is 2.32. The highest BCUT2D eigenvalue weighted by molar-refractivity contribution is 6.27. The van der Waals surface area contributed by atoms with Crippen molar-refractivity contribution in [2.45, 2.75) is 57.2 Å². The van der Waals surface area contributed by atoms with Gasteiger partial charge in [0.15, 0.2) is 17.6 Å². The van der Waals surface area contributed by atoms with Crippen LogP contribution in [0, 0.1) is 6.92 Å². The van der Waals surface area contributed by atoms with E-state index in [2.05, 4.69) is 5.32 Å². The summed E-state index contributed by atoms with van der Waals surface area (Å²) >= 11 is 6.00. The fourth-order valence-corrected chi connectivity index (χ4v) is 4.70. The molecule has 2 atom stereocenters. The Kier molecular flexibility index (Phi) is 7.76. The largest absolute Gasteiger partial charge is 0.486 e. The number of fused-ring (bicyclic) bond motifs is 1. The molecule has 2 aromatic carbocycles. The first kappa shape index (κ1) is 23.4. The molecule has 4 rings (SSSR count). The topological polar surface area (TPSA) is 67.9 Å². The number of amides is 2. The zero-order chi connectivity index (χ0) is 23.2. The first-order valence-corrected chi connectivity index (χ1v) is 12.2. The number of nitrogens with one attached hydrogen (secondary N) is 1. The van der Waals surface area contributed by atoms with Crippen LogP contribution in [-0.2, 0) is 9.59 Å². The molecular weight excluding hydrogens is 440 g/mol. The number of aryl methyl sites for hydroxylation is 1. The molecule has 2 aliphatic rings. The van der Waals surface area contributed by atoms with Crippen LogP contribution in [0.2, 0.25) is 0 Å². The lowest BCUT2D eigenvalue weighted by Crippen LogP contribution is -2.51. The minimum absolute atomic E-state index is 0.133. The summed E-state index contributed by atoms with van der Waals surface area (Å²) in [5, 5.41) is 3.20. The average molecular weight is 471 g/mol. The van der Waals surface area contributed by atoms with Crippen molar-refractivity contribution in [3.05, 3.63) is 59.7 Å². The number of halogens is 1. The van der Waals surface area contributed by atoms with Crippen LogP contribution in [-0.4, -0.2) is 47.9 Å². The van der Waals surface area contributed by atoms with Crippen molar-refractivity contribution in [3.8, 4) is 11.5 Å². The lowest BCUT2D eigenvalue weighted by Gasteiger charge is -2.36. The molecule has 0 unspecified atom stereocenters. The second kappa shape index (κ2) is 10.9. The Bertz CT molecular complexity index is 959. The van der Waals surface area contributed by atoms with Crippen LogP contribution in [0.15, 0.2) is 48.5 Å². The quantitative estimate of drug-likeness (QED) is 0.609. The smallest absolute Gasteiger partial charge is 0.247 e. The summed E-state index contributed by atoms with van der Waals surface area (Å²) in [5.41, 5.74) is 1.84. The van der Waals surface area contributed by atoms with Gasteiger partial charge in [0.2, 0.25) is 11.8 Å². The van der Waals surface area contributed by atoms with Gasteiger partial charge in [-0.25, -0.2) is 0 Å². The van der Waals surface area contributed by atoms with Crippen LogP contribution in [0.4, 0.5) is 0 Å². The highest BCUT2D eigenvalue weighted by Gasteiger charge is 2.35. The van der Waals surface area contributed by atoms with Gasteiger partial charge in [-0.05, 0) is 37.5 Å². The Morgan fingerprint density at radius 3 is 2.45 bits per heavy atom. The van der Waals surface area contributed by atoms with E-state index < -0.39 is 12.1 Å². The highest BCUT2D eigenvalue weighted by atomic mass is 35.5. The van der Waals surface area contributed by atoms with Crippen LogP contribution in [0.3, 0.4) is 0 Å². The number of carbonyl (C=O) groups is 2. The van der Waals surface area contributed by atoms with Gasteiger partial charge in [-0.1, -0.05) is 61.2 Å². The van der Waals surface area contributed by atoms with E-state index in [1.807, 2.05) is 55.5 Å². The van der Waals surface area contributed by atoms with Crippen molar-refractivity contribution in [1.82, 2.24) is 10.2 Å². The Labute approximate surface area is 200 Å². The average Bonchev–Trinajstić information content (AvgIpc) is 2.85. The predicted octanol–water partition coefficient (Wildman–Crippen LogP) is 4.39. The number of carbonyl (C=O) groups excluding carboxylic acids is 2. The number of ether oxygens (including phenoxy) is 2. The first-order chi connectivity index (χ1) is 16.0. The van der Waals surface area contributed by atoms with E-state index in [0.717, 1.165) is 36.8 Å². The van der Waals surface area contributed by atoms with E-state index >= 15 is 0 Å². The molecule has 0 spiro atoms. The lowest BCUT2D eigenvalue weighted by molar-refractivity contribution is -0.141. The third-order valence-electron chi connectivity index (χ3n) is 6.31. The Morgan fingerprint density at radius 2 is 1.76 bits per heavy atom. The fourth-order valence-electron chi connectivity index (χ4n) is 4.55. The predicted molar refractivity (Wildman–Crippen MR) is 128 cm³/mol. The second-order valence-corrected chi connectivity index (χ2v) is 9.10. The second-order valence-electron chi connectivity index (χ2n) is 8.83. The van der Waals surface area contributed by atoms with Gasteiger partial charge in [0, 0.05) is 6.04 Å². The van der Waals surface area contributed by atoms with Gasteiger partial charge < -0.3 is 19.7 Å². The molecule has 7 heteroatoms. The Hall–Kier alpha value is -2.73. The maximum atomic E-state index is 13.6. The van der Waals surface area contributed by atoms with Crippen LogP contribution >= 0.6 is 11.6 Å². The third-order valence-corrected chi connectivity index (χ3v) is 6.54. The zero-order valence-corrected chi connectivity index (χ0v) is 19.7. The molecular formula is C26H31ClN2O4. The van der Waals surface area contributed by atoms with Crippen molar-refractivity contribution in [3.63, 3.8) is 0 Å². The summed E-state index contributed by atoms with van der Waals surface area (Å²) in [4.78, 5) is 28.1. The minimum atomic E-state index is -0.792. The zero-order valence-electron chi connectivity index (χ0n) is 19.0. The van der Waals surface area contributed by atoms with E-state index in [0.29, 0.717) is 11.5 Å². The number of rotatable bonds is 7. The normalized spacial score (nSPS) is 18.9. The monoisotopic (exact) mass is 470 g/mol. The number of hydrogen-bond donors (Lipinski definition) is 1. The molecule has 176 valence electrons. The summed E-state index contributed by atoms with van der Waals surface area (Å²) < 4.78 is 11.9. The van der Waals surface area contributed by atoms with E-state index in [9.17, 15) is 9.59 Å². The summed E-state index contributed by atoms with van der Waals surface area (Å²) in [6.07, 6.45) is 4.93. The third kappa shape index (κ3) is 5.80. The van der Waals surface area contributed by atoms with Crippen molar-refractivity contribution in [2.24, 2.45) is 0 Å². The number of alkyl halides is 1. The molecule has 2 amide bonds. The molecule has 1 heterocycles. The van der Waals surface area contributed by atoms with Gasteiger partial charge in [0.25, 0.3) is 0 Å². The van der Waals surface area contributed by atoms with Crippen molar-refractivity contribution in [1.29, 1.82) is 0 Å². The lowest BCUT2D eigenvalue weighted by atomic mass is 9.94. The molecule has 0 radical (unpaired) electrons. The van der Waals surface area contributed by atoms with Gasteiger partial charge in [-0.2, -0.15) is 0 Å². The molecule has 1 fully saturated rings. The Morgan fingerprint density at radius 1 is 1.06 bits per heavy atom. The molecule has 33 heavy (non-hydrogen) atoms. The maximum absolute atomic E-state index is 13.6. The number of benzene rings is 2. The first-order valence-electron chi connectivity index (χ1n) is 11.7. The molecule has 1 saturated carbocycles. The van der Waals surface area contributed by atoms with Gasteiger partial charge in [0.1, 0.15) is 18.5 Å². The molecule has 2 aromatic rings. The van der Waals surface area contributed by atoms with E-state index in [4.69, 9.17) is 21.1 Å². The molecule has 6 nitrogen and oxygen atoms in total. The van der Waals surface area contributed by atoms with Gasteiger partial charge in [-0.3, -0.25) is 9.59 Å². The van der Waals surface area contributed by atoms with Crippen molar-refractivity contribution < 1.29 is 19.1 Å². The molecule has 1 N–H and O–H groups in total. The van der Waals surface area contributed by atoms with E-state index in [-0.39, 0.29) is 36.9 Å². The Balaban J connectivity index is 1.59. The van der Waals surface area contributed by atoms with Gasteiger partial charge in [0.05, 0.1) is 6.54 Å². The summed E-state index contributed by atoms with van der Waals surface area (Å²) in [7, 11) is 0. The van der Waals surface area contributed by atoms with Crippen LogP contribution in [0.5, 0.6) is 11.5 Å². The number of para-hydroxylation sites is 2. The summed E-state index contributed by atoms with van der Waals surface area (Å²) in [5.74, 6) is 0.591. The fraction of sp³-hybridized carbons (Fsp3) is 0.462. The van der Waals surface area contributed by atoms with E-state index in [1.165, 1.54) is 11.3 Å². The number of nitrogens with zero attached hydrogens (tertiary/aromatic N) is 1.